The van der Waals surface area contributed by atoms with E-state index in [0.717, 1.165) is 12.0 Å². The van der Waals surface area contributed by atoms with Gasteiger partial charge in [-0.05, 0) is 56.7 Å². The normalized spacial score (nSPS) is 21.1. The Morgan fingerprint density at radius 3 is 2.52 bits per heavy atom. The summed E-state index contributed by atoms with van der Waals surface area (Å²) in [6.07, 6.45) is 1.59. The Morgan fingerprint density at radius 1 is 1.35 bits per heavy atom. The molecule has 128 valence electrons. The standard InChI is InChI=1S/C15H23N3O4S/c1-10-7-14(18(19)20)15(8-11(10)2)23(21,22)17-6-4-5-13(9-17)12(3)16/h7-8,12-13H,4-6,9,16H2,1-3H3. The molecule has 8 heteroatoms. The summed E-state index contributed by atoms with van der Waals surface area (Å²) in [5.41, 5.74) is 6.95. The van der Waals surface area contributed by atoms with E-state index >= 15 is 0 Å². The van der Waals surface area contributed by atoms with E-state index in [-0.39, 0.29) is 22.5 Å². The van der Waals surface area contributed by atoms with Crippen LogP contribution in [0, 0.1) is 29.9 Å². The van der Waals surface area contributed by atoms with Crippen molar-refractivity contribution in [2.24, 2.45) is 11.7 Å². The minimum atomic E-state index is -3.91. The number of hydrogen-bond acceptors (Lipinski definition) is 5. The molecule has 1 fully saturated rings. The summed E-state index contributed by atoms with van der Waals surface area (Å²) in [6, 6.07) is 2.62. The van der Waals surface area contributed by atoms with Gasteiger partial charge in [0.2, 0.25) is 10.0 Å². The molecule has 2 atom stereocenters. The Morgan fingerprint density at radius 2 is 1.96 bits per heavy atom. The molecular weight excluding hydrogens is 318 g/mol. The highest BCUT2D eigenvalue weighted by Crippen LogP contribution is 2.32. The largest absolute Gasteiger partial charge is 0.328 e. The number of hydrogen-bond donors (Lipinski definition) is 1. The number of sulfonamides is 1. The van der Waals surface area contributed by atoms with E-state index in [2.05, 4.69) is 0 Å². The maximum atomic E-state index is 12.9. The van der Waals surface area contributed by atoms with E-state index in [1.807, 2.05) is 6.92 Å². The molecule has 0 aliphatic carbocycles. The van der Waals surface area contributed by atoms with Gasteiger partial charge < -0.3 is 5.73 Å². The van der Waals surface area contributed by atoms with Crippen molar-refractivity contribution in [1.29, 1.82) is 0 Å². The van der Waals surface area contributed by atoms with E-state index in [1.54, 1.807) is 13.8 Å². The topological polar surface area (TPSA) is 107 Å². The summed E-state index contributed by atoms with van der Waals surface area (Å²) >= 11 is 0. The van der Waals surface area contributed by atoms with Crippen molar-refractivity contribution in [3.63, 3.8) is 0 Å². The molecule has 0 amide bonds. The average molecular weight is 341 g/mol. The van der Waals surface area contributed by atoms with Crippen LogP contribution in [-0.4, -0.2) is 36.8 Å². The van der Waals surface area contributed by atoms with Crippen LogP contribution in [0.2, 0.25) is 0 Å². The van der Waals surface area contributed by atoms with E-state index in [9.17, 15) is 18.5 Å². The van der Waals surface area contributed by atoms with E-state index < -0.39 is 14.9 Å². The maximum absolute atomic E-state index is 12.9. The molecule has 1 heterocycles. The number of piperidine rings is 1. The van der Waals surface area contributed by atoms with Gasteiger partial charge in [0.05, 0.1) is 4.92 Å². The van der Waals surface area contributed by atoms with Crippen molar-refractivity contribution in [3.05, 3.63) is 33.4 Å². The van der Waals surface area contributed by atoms with Gasteiger partial charge in [-0.1, -0.05) is 0 Å². The molecule has 2 N–H and O–H groups in total. The van der Waals surface area contributed by atoms with Crippen molar-refractivity contribution in [2.75, 3.05) is 13.1 Å². The molecule has 1 aliphatic heterocycles. The van der Waals surface area contributed by atoms with Crippen LogP contribution in [0.3, 0.4) is 0 Å². The predicted octanol–water partition coefficient (Wildman–Crippen LogP) is 1.96. The van der Waals surface area contributed by atoms with Crippen molar-refractivity contribution in [2.45, 2.75) is 44.6 Å². The Bertz CT molecular complexity index is 716. The number of aryl methyl sites for hydroxylation is 2. The van der Waals surface area contributed by atoms with E-state index in [4.69, 9.17) is 5.73 Å². The molecule has 1 saturated heterocycles. The Balaban J connectivity index is 2.47. The van der Waals surface area contributed by atoms with Crippen LogP contribution in [0.4, 0.5) is 5.69 Å². The van der Waals surface area contributed by atoms with Gasteiger partial charge in [-0.2, -0.15) is 4.31 Å². The fourth-order valence-electron chi connectivity index (χ4n) is 2.88. The number of rotatable bonds is 4. The van der Waals surface area contributed by atoms with Crippen LogP contribution in [0.1, 0.15) is 30.9 Å². The fourth-order valence-corrected chi connectivity index (χ4v) is 4.64. The lowest BCUT2D eigenvalue weighted by atomic mass is 9.93. The van der Waals surface area contributed by atoms with Gasteiger partial charge in [0.15, 0.2) is 4.90 Å². The van der Waals surface area contributed by atoms with Crippen LogP contribution >= 0.6 is 0 Å². The molecule has 0 radical (unpaired) electrons. The van der Waals surface area contributed by atoms with Gasteiger partial charge in [0.1, 0.15) is 0 Å². The first kappa shape index (κ1) is 17.8. The second-order valence-electron chi connectivity index (χ2n) is 6.29. The summed E-state index contributed by atoms with van der Waals surface area (Å²) < 4.78 is 27.2. The molecule has 7 nitrogen and oxygen atoms in total. The van der Waals surface area contributed by atoms with Gasteiger partial charge in [0, 0.05) is 25.2 Å². The lowest BCUT2D eigenvalue weighted by Gasteiger charge is -2.33. The van der Waals surface area contributed by atoms with E-state index in [1.165, 1.54) is 16.4 Å². The smallest absolute Gasteiger partial charge is 0.289 e. The van der Waals surface area contributed by atoms with Gasteiger partial charge in [0.25, 0.3) is 5.69 Å². The average Bonchev–Trinajstić information content (AvgIpc) is 2.49. The zero-order chi connectivity index (χ0) is 17.4. The van der Waals surface area contributed by atoms with Gasteiger partial charge in [-0.3, -0.25) is 10.1 Å². The highest BCUT2D eigenvalue weighted by Gasteiger charge is 2.36. The van der Waals surface area contributed by atoms with Crippen LogP contribution in [0.25, 0.3) is 0 Å². The number of benzene rings is 1. The Labute approximate surface area is 136 Å². The molecule has 1 aliphatic rings. The SMILES string of the molecule is Cc1cc([N+](=O)[O-])c(S(=O)(=O)N2CCCC(C(C)N)C2)cc1C. The van der Waals surface area contributed by atoms with Gasteiger partial charge >= 0.3 is 0 Å². The van der Waals surface area contributed by atoms with Crippen molar-refractivity contribution >= 4 is 15.7 Å². The fraction of sp³-hybridized carbons (Fsp3) is 0.600. The van der Waals surface area contributed by atoms with Gasteiger partial charge in [-0.25, -0.2) is 8.42 Å². The number of nitrogens with two attached hydrogens (primary N) is 1. The van der Waals surface area contributed by atoms with Crippen LogP contribution in [0.15, 0.2) is 17.0 Å². The summed E-state index contributed by atoms with van der Waals surface area (Å²) in [6.45, 7) is 6.02. The molecule has 2 unspecified atom stereocenters. The number of nitro groups is 1. The minimum absolute atomic E-state index is 0.0733. The molecule has 1 aromatic rings. The number of nitrogens with zero attached hydrogens (tertiary/aromatic N) is 2. The third-order valence-corrected chi connectivity index (χ3v) is 6.45. The van der Waals surface area contributed by atoms with Crippen LogP contribution < -0.4 is 5.73 Å². The molecule has 0 saturated carbocycles. The summed E-state index contributed by atoms with van der Waals surface area (Å²) in [5.74, 6) is 0.0733. The van der Waals surface area contributed by atoms with Crippen LogP contribution in [-0.2, 0) is 10.0 Å². The number of nitro benzene ring substituents is 1. The maximum Gasteiger partial charge on any atom is 0.289 e. The second-order valence-corrected chi connectivity index (χ2v) is 8.19. The van der Waals surface area contributed by atoms with Crippen molar-refractivity contribution < 1.29 is 13.3 Å². The molecular formula is C15H23N3O4S. The molecule has 0 spiro atoms. The van der Waals surface area contributed by atoms with Crippen LogP contribution in [0.5, 0.6) is 0 Å². The monoisotopic (exact) mass is 341 g/mol. The third kappa shape index (κ3) is 3.54. The lowest BCUT2D eigenvalue weighted by molar-refractivity contribution is -0.387. The molecule has 23 heavy (non-hydrogen) atoms. The summed E-state index contributed by atoms with van der Waals surface area (Å²) in [7, 11) is -3.91. The first-order valence-corrected chi connectivity index (χ1v) is 9.10. The summed E-state index contributed by atoms with van der Waals surface area (Å²) in [5, 5.41) is 11.3. The van der Waals surface area contributed by atoms with Gasteiger partial charge in [-0.15, -0.1) is 0 Å². The highest BCUT2D eigenvalue weighted by molar-refractivity contribution is 7.89. The first-order chi connectivity index (χ1) is 10.6. The molecule has 0 aromatic heterocycles. The Kier molecular flexibility index (Phi) is 5.07. The third-order valence-electron chi connectivity index (χ3n) is 4.55. The van der Waals surface area contributed by atoms with Crippen molar-refractivity contribution in [1.82, 2.24) is 4.31 Å². The minimum Gasteiger partial charge on any atom is -0.328 e. The molecule has 0 bridgehead atoms. The lowest BCUT2D eigenvalue weighted by Crippen LogP contribution is -2.45. The second kappa shape index (κ2) is 6.54. The molecule has 1 aromatic carbocycles. The molecule has 2 rings (SSSR count). The summed E-state index contributed by atoms with van der Waals surface area (Å²) in [4.78, 5) is 10.4. The van der Waals surface area contributed by atoms with E-state index in [0.29, 0.717) is 25.1 Å². The highest BCUT2D eigenvalue weighted by atomic mass is 32.2. The predicted molar refractivity (Wildman–Crippen MR) is 87.7 cm³/mol. The zero-order valence-electron chi connectivity index (χ0n) is 13.7. The first-order valence-electron chi connectivity index (χ1n) is 7.66. The zero-order valence-corrected chi connectivity index (χ0v) is 14.5. The van der Waals surface area contributed by atoms with Crippen molar-refractivity contribution in [3.8, 4) is 0 Å². The quantitative estimate of drug-likeness (QED) is 0.665. The Hall–Kier alpha value is -1.51.